The molecule has 1 aliphatic heterocycles. The molecular formula is C25H24NP. The van der Waals surface area contributed by atoms with Gasteiger partial charge in [-0.3, -0.25) is 4.98 Å². The Morgan fingerprint density at radius 3 is 2.30 bits per heavy atom. The van der Waals surface area contributed by atoms with Crippen LogP contribution in [-0.2, 0) is 0 Å². The molecular weight excluding hydrogens is 345 g/mol. The van der Waals surface area contributed by atoms with Gasteiger partial charge in [-0.05, 0) is 48.2 Å². The van der Waals surface area contributed by atoms with E-state index in [1.54, 1.807) is 5.57 Å². The largest absolute Gasteiger partial charge is 0.260 e. The molecule has 1 aliphatic carbocycles. The monoisotopic (exact) mass is 369 g/mol. The van der Waals surface area contributed by atoms with Crippen molar-refractivity contribution in [2.24, 2.45) is 5.92 Å². The molecule has 1 aromatic heterocycles. The van der Waals surface area contributed by atoms with Gasteiger partial charge in [0.1, 0.15) is 0 Å². The van der Waals surface area contributed by atoms with Crippen LogP contribution in [0.1, 0.15) is 41.8 Å². The lowest BCUT2D eigenvalue weighted by Crippen LogP contribution is -2.12. The molecule has 0 saturated carbocycles. The van der Waals surface area contributed by atoms with E-state index in [0.717, 1.165) is 0 Å². The summed E-state index contributed by atoms with van der Waals surface area (Å²) in [6, 6.07) is 28.9. The van der Waals surface area contributed by atoms with Gasteiger partial charge in [-0.15, -0.1) is 0 Å². The molecule has 27 heavy (non-hydrogen) atoms. The van der Waals surface area contributed by atoms with E-state index >= 15 is 0 Å². The number of aromatic nitrogens is 1. The molecule has 134 valence electrons. The first-order valence-corrected chi connectivity index (χ1v) is 11.4. The molecule has 3 aromatic rings. The van der Waals surface area contributed by atoms with Crippen molar-refractivity contribution in [3.63, 3.8) is 0 Å². The van der Waals surface area contributed by atoms with Crippen molar-refractivity contribution in [1.82, 2.24) is 4.98 Å². The summed E-state index contributed by atoms with van der Waals surface area (Å²) >= 11 is 0. The van der Waals surface area contributed by atoms with Crippen LogP contribution >= 0.6 is 7.92 Å². The van der Waals surface area contributed by atoms with Crippen LogP contribution in [0.5, 0.6) is 0 Å². The van der Waals surface area contributed by atoms with Gasteiger partial charge in [0.25, 0.3) is 0 Å². The van der Waals surface area contributed by atoms with Gasteiger partial charge in [-0.2, -0.15) is 0 Å². The predicted octanol–water partition coefficient (Wildman–Crippen LogP) is 6.41. The fraction of sp³-hybridized carbons (Fsp3) is 0.240. The van der Waals surface area contributed by atoms with Gasteiger partial charge < -0.3 is 0 Å². The highest BCUT2D eigenvalue weighted by Gasteiger charge is 2.49. The SMILES string of the molecule is C1=C2C(CCC1)C(c1ccccc1)[P@@](c1ccccc1)[C@@H]2c1ccccn1. The summed E-state index contributed by atoms with van der Waals surface area (Å²) in [4.78, 5) is 4.83. The number of rotatable bonds is 3. The van der Waals surface area contributed by atoms with Crippen molar-refractivity contribution in [2.75, 3.05) is 0 Å². The zero-order chi connectivity index (χ0) is 18.1. The van der Waals surface area contributed by atoms with Gasteiger partial charge in [0.05, 0.1) is 5.69 Å². The maximum atomic E-state index is 4.83. The molecule has 2 unspecified atom stereocenters. The summed E-state index contributed by atoms with van der Waals surface area (Å²) in [6.45, 7) is 0. The molecule has 2 aromatic carbocycles. The number of allylic oxidation sites excluding steroid dienone is 2. The topological polar surface area (TPSA) is 12.9 Å². The Kier molecular flexibility index (Phi) is 4.64. The second kappa shape index (κ2) is 7.41. The van der Waals surface area contributed by atoms with Crippen LogP contribution in [-0.4, -0.2) is 4.98 Å². The molecule has 4 atom stereocenters. The van der Waals surface area contributed by atoms with Gasteiger partial charge in [-0.1, -0.05) is 86.3 Å². The molecule has 0 N–H and O–H groups in total. The van der Waals surface area contributed by atoms with Crippen LogP contribution in [0.4, 0.5) is 0 Å². The minimum Gasteiger partial charge on any atom is -0.260 e. The molecule has 2 heterocycles. The van der Waals surface area contributed by atoms with Gasteiger partial charge in [0.2, 0.25) is 0 Å². The number of fused-ring (bicyclic) bond motifs is 1. The number of nitrogens with zero attached hydrogens (tertiary/aromatic N) is 1. The molecule has 1 saturated heterocycles. The smallest absolute Gasteiger partial charge is 0.0521 e. The normalized spacial score (nSPS) is 27.0. The van der Waals surface area contributed by atoms with Crippen molar-refractivity contribution < 1.29 is 0 Å². The minimum absolute atomic E-state index is 0.401. The Bertz CT molecular complexity index is 920. The summed E-state index contributed by atoms with van der Waals surface area (Å²) in [7, 11) is -0.401. The summed E-state index contributed by atoms with van der Waals surface area (Å²) < 4.78 is 0. The van der Waals surface area contributed by atoms with Crippen LogP contribution in [0.3, 0.4) is 0 Å². The fourth-order valence-corrected chi connectivity index (χ4v) is 8.61. The van der Waals surface area contributed by atoms with Gasteiger partial charge >= 0.3 is 0 Å². The molecule has 5 rings (SSSR count). The summed E-state index contributed by atoms with van der Waals surface area (Å²) in [5.41, 5.74) is 5.44. The number of hydrogen-bond acceptors (Lipinski definition) is 1. The maximum absolute atomic E-state index is 4.83. The summed E-state index contributed by atoms with van der Waals surface area (Å²) in [5, 5.41) is 1.51. The Labute approximate surface area is 162 Å². The Balaban J connectivity index is 1.72. The molecule has 2 heteroatoms. The predicted molar refractivity (Wildman–Crippen MR) is 115 cm³/mol. The molecule has 0 amide bonds. The fourth-order valence-electron chi connectivity index (χ4n) is 4.90. The first-order valence-electron chi connectivity index (χ1n) is 9.93. The van der Waals surface area contributed by atoms with Crippen LogP contribution in [0.15, 0.2) is 96.7 Å². The summed E-state index contributed by atoms with van der Waals surface area (Å²) in [6.07, 6.45) is 8.34. The third kappa shape index (κ3) is 3.05. The van der Waals surface area contributed by atoms with E-state index in [-0.39, 0.29) is 0 Å². The van der Waals surface area contributed by atoms with Crippen molar-refractivity contribution in [3.8, 4) is 0 Å². The maximum Gasteiger partial charge on any atom is 0.0521 e. The first-order chi connectivity index (χ1) is 13.4. The van der Waals surface area contributed by atoms with Crippen molar-refractivity contribution in [1.29, 1.82) is 0 Å². The van der Waals surface area contributed by atoms with E-state index in [1.807, 2.05) is 12.3 Å². The van der Waals surface area contributed by atoms with E-state index in [0.29, 0.717) is 17.2 Å². The number of hydrogen-bond donors (Lipinski definition) is 0. The zero-order valence-electron chi connectivity index (χ0n) is 15.4. The molecule has 1 nitrogen and oxygen atoms in total. The van der Waals surface area contributed by atoms with Gasteiger partial charge in [0, 0.05) is 17.5 Å². The van der Waals surface area contributed by atoms with Crippen LogP contribution in [0.25, 0.3) is 0 Å². The van der Waals surface area contributed by atoms with E-state index in [9.17, 15) is 0 Å². The standard InChI is InChI=1S/C25H24NP/c1-3-11-19(12-4-1)24-21-15-7-8-16-22(21)25(23-17-9-10-18-26-23)27(24)20-13-5-2-6-14-20/h1-6,9-14,16-18,21,24-25H,7-8,15H2/t21?,24?,25-,27+/m0/s1. The van der Waals surface area contributed by atoms with Crippen LogP contribution in [0, 0.1) is 5.92 Å². The van der Waals surface area contributed by atoms with Crippen LogP contribution < -0.4 is 5.30 Å². The lowest BCUT2D eigenvalue weighted by molar-refractivity contribution is 0.505. The Morgan fingerprint density at radius 1 is 0.815 bits per heavy atom. The second-order valence-electron chi connectivity index (χ2n) is 7.50. The lowest BCUT2D eigenvalue weighted by Gasteiger charge is -2.28. The summed E-state index contributed by atoms with van der Waals surface area (Å²) in [5.74, 6) is 0.652. The average Bonchev–Trinajstić information content (AvgIpc) is 3.11. The highest BCUT2D eigenvalue weighted by atomic mass is 31.1. The molecule has 2 aliphatic rings. The molecule has 0 spiro atoms. The molecule has 1 fully saturated rings. The van der Waals surface area contributed by atoms with Gasteiger partial charge in [0.15, 0.2) is 0 Å². The zero-order valence-corrected chi connectivity index (χ0v) is 16.3. The quantitative estimate of drug-likeness (QED) is 0.384. The highest BCUT2D eigenvalue weighted by Crippen LogP contribution is 2.74. The van der Waals surface area contributed by atoms with Gasteiger partial charge in [-0.25, -0.2) is 0 Å². The van der Waals surface area contributed by atoms with Crippen molar-refractivity contribution >= 4 is 13.2 Å². The molecule has 0 radical (unpaired) electrons. The molecule has 0 bridgehead atoms. The first kappa shape index (κ1) is 16.9. The van der Waals surface area contributed by atoms with E-state index in [1.165, 1.54) is 35.8 Å². The third-order valence-corrected chi connectivity index (χ3v) is 9.24. The Hall–Kier alpha value is -2.24. The Morgan fingerprint density at radius 2 is 1.56 bits per heavy atom. The lowest BCUT2D eigenvalue weighted by atomic mass is 9.81. The third-order valence-electron chi connectivity index (χ3n) is 5.97. The van der Waals surface area contributed by atoms with Crippen LogP contribution in [0.2, 0.25) is 0 Å². The average molecular weight is 369 g/mol. The number of pyridine rings is 1. The van der Waals surface area contributed by atoms with E-state index < -0.39 is 7.92 Å². The van der Waals surface area contributed by atoms with E-state index in [2.05, 4.69) is 78.9 Å². The second-order valence-corrected chi connectivity index (χ2v) is 9.90. The highest BCUT2D eigenvalue weighted by molar-refractivity contribution is 7.67. The van der Waals surface area contributed by atoms with E-state index in [4.69, 9.17) is 4.98 Å². The number of benzene rings is 2. The van der Waals surface area contributed by atoms with Crippen molar-refractivity contribution in [3.05, 3.63) is 108 Å². The minimum atomic E-state index is -0.401. The van der Waals surface area contributed by atoms with Crippen molar-refractivity contribution in [2.45, 2.75) is 30.6 Å².